The van der Waals surface area contributed by atoms with Crippen molar-refractivity contribution in [2.24, 2.45) is 11.8 Å². The van der Waals surface area contributed by atoms with Gasteiger partial charge in [-0.25, -0.2) is 0 Å². The fourth-order valence-electron chi connectivity index (χ4n) is 2.75. The second-order valence-corrected chi connectivity index (χ2v) is 5.90. The Balaban J connectivity index is 1.80. The first-order valence-corrected chi connectivity index (χ1v) is 6.36. The molecule has 0 radical (unpaired) electrons. The van der Waals surface area contributed by atoms with Crippen LogP contribution < -0.4 is 4.90 Å². The van der Waals surface area contributed by atoms with Crippen molar-refractivity contribution in [3.63, 3.8) is 0 Å². The molecule has 3 rings (SSSR count). The molecule has 2 unspecified atom stereocenters. The highest BCUT2D eigenvalue weighted by molar-refractivity contribution is 7.73. The lowest BCUT2D eigenvalue weighted by atomic mass is 10.0. The van der Waals surface area contributed by atoms with Crippen molar-refractivity contribution < 1.29 is 0 Å². The zero-order valence-electron chi connectivity index (χ0n) is 7.90. The van der Waals surface area contributed by atoms with Gasteiger partial charge in [-0.05, 0) is 36.9 Å². The van der Waals surface area contributed by atoms with E-state index in [0.29, 0.717) is 0 Å². The van der Waals surface area contributed by atoms with E-state index in [4.69, 9.17) is 12.2 Å². The Morgan fingerprint density at radius 2 is 2.07 bits per heavy atom. The average molecular weight is 227 g/mol. The maximum Gasteiger partial charge on any atom is 0.206 e. The van der Waals surface area contributed by atoms with Gasteiger partial charge in [0.1, 0.15) is 0 Å². The summed E-state index contributed by atoms with van der Waals surface area (Å²) in [4.78, 5) is 2.39. The highest BCUT2D eigenvalue weighted by atomic mass is 32.1. The Morgan fingerprint density at radius 1 is 1.36 bits per heavy atom. The smallest absolute Gasteiger partial charge is 0.206 e. The van der Waals surface area contributed by atoms with Gasteiger partial charge in [-0.1, -0.05) is 17.8 Å². The molecule has 1 saturated carbocycles. The maximum atomic E-state index is 5.04. The van der Waals surface area contributed by atoms with Crippen molar-refractivity contribution in [2.75, 3.05) is 18.0 Å². The number of aromatic amines is 1. The first-order valence-electron chi connectivity index (χ1n) is 5.13. The molecular weight excluding hydrogens is 214 g/mol. The van der Waals surface area contributed by atoms with Crippen molar-refractivity contribution in [3.8, 4) is 0 Å². The van der Waals surface area contributed by atoms with Crippen molar-refractivity contribution in [1.82, 2.24) is 10.2 Å². The predicted octanol–water partition coefficient (Wildman–Crippen LogP) is 2.44. The molecule has 0 bridgehead atoms. The van der Waals surface area contributed by atoms with Gasteiger partial charge in [-0.15, -0.1) is 5.10 Å². The van der Waals surface area contributed by atoms with Crippen LogP contribution in [0.3, 0.4) is 0 Å². The number of aromatic nitrogens is 2. The number of H-pyrrole nitrogens is 1. The average Bonchev–Trinajstić information content (AvgIpc) is 2.75. The molecule has 1 aliphatic carbocycles. The van der Waals surface area contributed by atoms with Gasteiger partial charge in [0.2, 0.25) is 5.13 Å². The lowest BCUT2D eigenvalue weighted by Crippen LogP contribution is -2.20. The monoisotopic (exact) mass is 227 g/mol. The van der Waals surface area contributed by atoms with Gasteiger partial charge in [0.15, 0.2) is 3.95 Å². The van der Waals surface area contributed by atoms with Crippen LogP contribution in [0.4, 0.5) is 5.13 Å². The van der Waals surface area contributed by atoms with Gasteiger partial charge < -0.3 is 4.90 Å². The first kappa shape index (κ1) is 8.85. The van der Waals surface area contributed by atoms with Gasteiger partial charge in [-0.3, -0.25) is 5.10 Å². The number of anilines is 1. The minimum Gasteiger partial charge on any atom is -0.346 e. The predicted molar refractivity (Wildman–Crippen MR) is 60.3 cm³/mol. The normalized spacial score (nSPS) is 31.0. The van der Waals surface area contributed by atoms with E-state index in [1.165, 1.54) is 32.4 Å². The van der Waals surface area contributed by atoms with E-state index in [0.717, 1.165) is 20.9 Å². The van der Waals surface area contributed by atoms with E-state index < -0.39 is 0 Å². The molecule has 1 aliphatic heterocycles. The summed E-state index contributed by atoms with van der Waals surface area (Å²) < 4.78 is 0.789. The summed E-state index contributed by atoms with van der Waals surface area (Å²) in [6, 6.07) is 0. The topological polar surface area (TPSA) is 31.9 Å². The molecule has 2 fully saturated rings. The zero-order valence-corrected chi connectivity index (χ0v) is 9.53. The molecule has 2 aliphatic rings. The van der Waals surface area contributed by atoms with Crippen LogP contribution in [0.15, 0.2) is 0 Å². The molecule has 14 heavy (non-hydrogen) atoms. The highest BCUT2D eigenvalue weighted by Gasteiger charge is 2.36. The van der Waals surface area contributed by atoms with Crippen molar-refractivity contribution in [2.45, 2.75) is 19.3 Å². The van der Waals surface area contributed by atoms with E-state index >= 15 is 0 Å². The summed E-state index contributed by atoms with van der Waals surface area (Å²) >= 11 is 6.64. The van der Waals surface area contributed by atoms with E-state index in [1.807, 2.05) is 0 Å². The Kier molecular flexibility index (Phi) is 2.09. The third kappa shape index (κ3) is 1.39. The van der Waals surface area contributed by atoms with E-state index in [1.54, 1.807) is 11.3 Å². The SMILES string of the molecule is S=c1[nH]nc(N2CC3CCCC3C2)s1. The zero-order chi connectivity index (χ0) is 9.54. The number of fused-ring (bicyclic) bond motifs is 1. The van der Waals surface area contributed by atoms with Crippen LogP contribution in [-0.2, 0) is 0 Å². The molecular formula is C9H13N3S2. The molecule has 2 atom stereocenters. The molecule has 0 amide bonds. The highest BCUT2D eigenvalue weighted by Crippen LogP contribution is 2.39. The van der Waals surface area contributed by atoms with Gasteiger partial charge in [-0.2, -0.15) is 0 Å². The number of nitrogens with zero attached hydrogens (tertiary/aromatic N) is 2. The van der Waals surface area contributed by atoms with Crippen LogP contribution in [0.25, 0.3) is 0 Å². The Bertz CT molecular complexity index is 371. The molecule has 0 spiro atoms. The first-order chi connectivity index (χ1) is 6.83. The van der Waals surface area contributed by atoms with Gasteiger partial charge in [0, 0.05) is 13.1 Å². The molecule has 5 heteroatoms. The number of rotatable bonds is 1. The largest absolute Gasteiger partial charge is 0.346 e. The number of hydrogen-bond acceptors (Lipinski definition) is 4. The van der Waals surface area contributed by atoms with Gasteiger partial charge in [0.05, 0.1) is 0 Å². The quantitative estimate of drug-likeness (QED) is 0.748. The van der Waals surface area contributed by atoms with Crippen LogP contribution >= 0.6 is 23.6 Å². The van der Waals surface area contributed by atoms with Crippen LogP contribution in [0.1, 0.15) is 19.3 Å². The summed E-state index contributed by atoms with van der Waals surface area (Å²) in [5.41, 5.74) is 0. The standard InChI is InChI=1S/C9H13N3S2/c13-9-11-10-8(14-9)12-4-6-2-1-3-7(6)5-12/h6-7H,1-5H2,(H,11,13). The van der Waals surface area contributed by atoms with Crippen molar-refractivity contribution in [3.05, 3.63) is 3.95 Å². The second kappa shape index (κ2) is 3.31. The third-order valence-electron chi connectivity index (χ3n) is 3.42. The Morgan fingerprint density at radius 3 is 2.64 bits per heavy atom. The summed E-state index contributed by atoms with van der Waals surface area (Å²) in [6.07, 6.45) is 4.26. The molecule has 1 N–H and O–H groups in total. The minimum atomic E-state index is 0.789. The molecule has 76 valence electrons. The summed E-state index contributed by atoms with van der Waals surface area (Å²) in [5.74, 6) is 1.85. The van der Waals surface area contributed by atoms with Crippen LogP contribution in [-0.4, -0.2) is 23.3 Å². The third-order valence-corrected chi connectivity index (χ3v) is 4.57. The lowest BCUT2D eigenvalue weighted by molar-refractivity contribution is 0.494. The number of hydrogen-bond donors (Lipinski definition) is 1. The van der Waals surface area contributed by atoms with E-state index in [2.05, 4.69) is 15.1 Å². The minimum absolute atomic E-state index is 0.789. The molecule has 1 saturated heterocycles. The van der Waals surface area contributed by atoms with E-state index in [-0.39, 0.29) is 0 Å². The molecule has 1 aromatic heterocycles. The summed E-state index contributed by atoms with van der Waals surface area (Å²) in [7, 11) is 0. The molecule has 2 heterocycles. The van der Waals surface area contributed by atoms with Crippen molar-refractivity contribution in [1.29, 1.82) is 0 Å². The van der Waals surface area contributed by atoms with Crippen LogP contribution in [0, 0.1) is 15.8 Å². The molecule has 3 nitrogen and oxygen atoms in total. The Labute approximate surface area is 92.1 Å². The fourth-order valence-corrected chi connectivity index (χ4v) is 3.64. The molecule has 1 aromatic rings. The summed E-state index contributed by atoms with van der Waals surface area (Å²) in [6.45, 7) is 2.39. The lowest BCUT2D eigenvalue weighted by Gasteiger charge is -2.14. The fraction of sp³-hybridized carbons (Fsp3) is 0.778. The second-order valence-electron chi connectivity index (χ2n) is 4.25. The maximum absolute atomic E-state index is 5.04. The van der Waals surface area contributed by atoms with Crippen LogP contribution in [0.5, 0.6) is 0 Å². The van der Waals surface area contributed by atoms with E-state index in [9.17, 15) is 0 Å². The summed E-state index contributed by atoms with van der Waals surface area (Å²) in [5, 5.41) is 8.18. The number of nitrogens with one attached hydrogen (secondary N) is 1. The van der Waals surface area contributed by atoms with Gasteiger partial charge in [0.25, 0.3) is 0 Å². The van der Waals surface area contributed by atoms with Gasteiger partial charge >= 0.3 is 0 Å². The Hall–Kier alpha value is -0.420. The van der Waals surface area contributed by atoms with Crippen molar-refractivity contribution >= 4 is 28.7 Å². The van der Waals surface area contributed by atoms with Crippen LogP contribution in [0.2, 0.25) is 0 Å². The molecule has 0 aromatic carbocycles.